The number of rotatable bonds is 5. The average Bonchev–Trinajstić information content (AvgIpc) is 2.64. The van der Waals surface area contributed by atoms with Gasteiger partial charge < -0.3 is 19.8 Å². The van der Waals surface area contributed by atoms with Crippen LogP contribution in [0.5, 0.6) is 5.75 Å². The highest BCUT2D eigenvalue weighted by atomic mass is 16.5. The zero-order chi connectivity index (χ0) is 18.8. The molecule has 1 amide bonds. The van der Waals surface area contributed by atoms with E-state index in [-0.39, 0.29) is 31.5 Å². The summed E-state index contributed by atoms with van der Waals surface area (Å²) >= 11 is 0. The molecule has 136 valence electrons. The topological polar surface area (TPSA) is 138 Å². The van der Waals surface area contributed by atoms with Crippen LogP contribution in [0.3, 0.4) is 0 Å². The number of methoxy groups -OCH3 is 1. The van der Waals surface area contributed by atoms with E-state index in [1.807, 2.05) is 0 Å². The number of pyridine rings is 1. The lowest BCUT2D eigenvalue weighted by Crippen LogP contribution is -2.53. The molecule has 0 saturated heterocycles. The van der Waals surface area contributed by atoms with Gasteiger partial charge in [0.1, 0.15) is 12.2 Å². The molecule has 0 fully saturated rings. The average molecular weight is 361 g/mol. The lowest BCUT2D eigenvalue weighted by Gasteiger charge is -2.38. The summed E-state index contributed by atoms with van der Waals surface area (Å²) in [6, 6.07) is 1.59. The number of hydrogen-bond acceptors (Lipinski definition) is 8. The number of carbonyl (C=O) groups is 2. The van der Waals surface area contributed by atoms with Crippen molar-refractivity contribution in [2.75, 3.05) is 31.9 Å². The molecule has 11 nitrogen and oxygen atoms in total. The summed E-state index contributed by atoms with van der Waals surface area (Å²) in [7, 11) is 1.47. The molecule has 0 radical (unpaired) electrons. The maximum atomic E-state index is 12.7. The van der Waals surface area contributed by atoms with Crippen molar-refractivity contribution >= 4 is 17.8 Å². The van der Waals surface area contributed by atoms with Gasteiger partial charge in [0.25, 0.3) is 5.91 Å². The van der Waals surface area contributed by atoms with Crippen molar-refractivity contribution < 1.29 is 24.5 Å². The van der Waals surface area contributed by atoms with Crippen LogP contribution >= 0.6 is 0 Å². The van der Waals surface area contributed by atoms with Crippen LogP contribution in [0.15, 0.2) is 29.5 Å². The number of carbonyl (C=O) groups excluding carboxylic acids is 1. The summed E-state index contributed by atoms with van der Waals surface area (Å²) in [6.45, 7) is 0.390. The number of aromatic nitrogens is 3. The first kappa shape index (κ1) is 17.4. The second-order valence-corrected chi connectivity index (χ2v) is 5.37. The van der Waals surface area contributed by atoms with Gasteiger partial charge in [-0.15, -0.1) is 0 Å². The first-order chi connectivity index (χ1) is 12.5. The molecule has 1 aliphatic heterocycles. The number of carboxylic acid groups (broad SMARTS) is 1. The van der Waals surface area contributed by atoms with Gasteiger partial charge in [0, 0.05) is 32.2 Å². The molecule has 2 N–H and O–H groups in total. The SMILES string of the molecule is COCCN1CN(c2ncccn2)n2cc(C(=O)O)c(=O)c(O)c2C1=O. The summed E-state index contributed by atoms with van der Waals surface area (Å²) in [4.78, 5) is 45.6. The van der Waals surface area contributed by atoms with Crippen LogP contribution in [0, 0.1) is 0 Å². The predicted molar refractivity (Wildman–Crippen MR) is 87.0 cm³/mol. The van der Waals surface area contributed by atoms with Gasteiger partial charge in [-0.3, -0.25) is 9.59 Å². The number of nitrogens with zero attached hydrogens (tertiary/aromatic N) is 5. The predicted octanol–water partition coefficient (Wildman–Crippen LogP) is -0.629. The fourth-order valence-corrected chi connectivity index (χ4v) is 2.53. The lowest BCUT2D eigenvalue weighted by molar-refractivity contribution is 0.0627. The van der Waals surface area contributed by atoms with Crippen LogP contribution in [0.1, 0.15) is 20.8 Å². The van der Waals surface area contributed by atoms with Crippen LogP contribution < -0.4 is 10.4 Å². The van der Waals surface area contributed by atoms with Crippen molar-refractivity contribution in [3.63, 3.8) is 0 Å². The van der Waals surface area contributed by atoms with Gasteiger partial charge in [-0.2, -0.15) is 0 Å². The fourth-order valence-electron chi connectivity index (χ4n) is 2.53. The Morgan fingerprint density at radius 2 is 2.00 bits per heavy atom. The Kier molecular flexibility index (Phi) is 4.54. The number of fused-ring (bicyclic) bond motifs is 1. The van der Waals surface area contributed by atoms with E-state index in [1.54, 1.807) is 6.07 Å². The molecule has 1 aliphatic rings. The molecule has 0 atom stereocenters. The quantitative estimate of drug-likeness (QED) is 0.713. The Morgan fingerprint density at radius 3 is 2.62 bits per heavy atom. The van der Waals surface area contributed by atoms with Crippen molar-refractivity contribution in [3.05, 3.63) is 46.1 Å². The van der Waals surface area contributed by atoms with Crippen LogP contribution in [-0.4, -0.2) is 68.6 Å². The zero-order valence-corrected chi connectivity index (χ0v) is 13.7. The molecule has 11 heteroatoms. The van der Waals surface area contributed by atoms with E-state index in [2.05, 4.69) is 9.97 Å². The van der Waals surface area contributed by atoms with E-state index in [0.717, 1.165) is 10.9 Å². The standard InChI is InChI=1S/C15H15N5O6/c1-26-6-5-18-8-20(15-16-3-2-4-17-15)19-7-9(14(24)25)11(21)12(22)10(19)13(18)23/h2-4,7,22H,5-6,8H2,1H3,(H,24,25). The largest absolute Gasteiger partial charge is 0.502 e. The summed E-state index contributed by atoms with van der Waals surface area (Å²) < 4.78 is 6.06. The van der Waals surface area contributed by atoms with E-state index in [4.69, 9.17) is 4.74 Å². The first-order valence-electron chi connectivity index (χ1n) is 7.50. The van der Waals surface area contributed by atoms with Gasteiger partial charge in [0.05, 0.1) is 6.61 Å². The summed E-state index contributed by atoms with van der Waals surface area (Å²) in [5, 5.41) is 20.8. The molecular formula is C15H15N5O6. The normalized spacial score (nSPS) is 13.7. The fraction of sp³-hybridized carbons (Fsp3) is 0.267. The Labute approximate surface area is 146 Å². The van der Waals surface area contributed by atoms with Gasteiger partial charge in [-0.05, 0) is 6.07 Å². The highest BCUT2D eigenvalue weighted by molar-refractivity contribution is 5.98. The van der Waals surface area contributed by atoms with E-state index in [1.165, 1.54) is 29.4 Å². The van der Waals surface area contributed by atoms with E-state index < -0.39 is 28.6 Å². The molecule has 2 aromatic heterocycles. The second-order valence-electron chi connectivity index (χ2n) is 5.37. The minimum Gasteiger partial charge on any atom is -0.502 e. The number of ether oxygens (including phenoxy) is 1. The molecule has 2 aromatic rings. The van der Waals surface area contributed by atoms with Crippen molar-refractivity contribution in [1.29, 1.82) is 0 Å². The van der Waals surface area contributed by atoms with Crippen LogP contribution in [0.2, 0.25) is 0 Å². The maximum Gasteiger partial charge on any atom is 0.341 e. The summed E-state index contributed by atoms with van der Waals surface area (Å²) in [5.74, 6) is -2.95. The van der Waals surface area contributed by atoms with E-state index in [0.29, 0.717) is 0 Å². The van der Waals surface area contributed by atoms with Crippen molar-refractivity contribution in [3.8, 4) is 5.75 Å². The van der Waals surface area contributed by atoms with Crippen LogP contribution in [0.25, 0.3) is 0 Å². The van der Waals surface area contributed by atoms with E-state index in [9.17, 15) is 24.6 Å². The number of aromatic hydroxyl groups is 1. The third-order valence-electron chi connectivity index (χ3n) is 3.80. The molecule has 0 aromatic carbocycles. The van der Waals surface area contributed by atoms with Gasteiger partial charge >= 0.3 is 5.97 Å². The molecule has 0 unspecified atom stereocenters. The smallest absolute Gasteiger partial charge is 0.341 e. The second kappa shape index (κ2) is 6.80. The van der Waals surface area contributed by atoms with E-state index >= 15 is 0 Å². The number of amides is 1. The number of anilines is 1. The molecule has 0 bridgehead atoms. The molecule has 3 rings (SSSR count). The molecule has 0 spiro atoms. The van der Waals surface area contributed by atoms with Gasteiger partial charge in [-0.1, -0.05) is 0 Å². The molecule has 0 aliphatic carbocycles. The molecule has 0 saturated carbocycles. The maximum absolute atomic E-state index is 12.7. The van der Waals surface area contributed by atoms with Gasteiger partial charge in [-0.25, -0.2) is 24.4 Å². The van der Waals surface area contributed by atoms with Crippen LogP contribution in [-0.2, 0) is 4.74 Å². The Bertz CT molecular complexity index is 913. The highest BCUT2D eigenvalue weighted by Gasteiger charge is 2.35. The molecule has 3 heterocycles. The Morgan fingerprint density at radius 1 is 1.31 bits per heavy atom. The van der Waals surface area contributed by atoms with Gasteiger partial charge in [0.15, 0.2) is 11.4 Å². The Hall–Kier alpha value is -3.47. The third kappa shape index (κ3) is 2.84. The Balaban J connectivity index is 2.22. The minimum atomic E-state index is -1.52. The summed E-state index contributed by atoms with van der Waals surface area (Å²) in [5.41, 5.74) is -2.18. The lowest BCUT2D eigenvalue weighted by atomic mass is 10.2. The van der Waals surface area contributed by atoms with Crippen molar-refractivity contribution in [2.24, 2.45) is 0 Å². The minimum absolute atomic E-state index is 0.0272. The number of hydrogen-bond donors (Lipinski definition) is 2. The highest BCUT2D eigenvalue weighted by Crippen LogP contribution is 2.24. The third-order valence-corrected chi connectivity index (χ3v) is 3.80. The monoisotopic (exact) mass is 361 g/mol. The first-order valence-corrected chi connectivity index (χ1v) is 7.50. The van der Waals surface area contributed by atoms with Crippen molar-refractivity contribution in [1.82, 2.24) is 19.5 Å². The van der Waals surface area contributed by atoms with Gasteiger partial charge in [0.2, 0.25) is 11.4 Å². The van der Waals surface area contributed by atoms with Crippen molar-refractivity contribution in [2.45, 2.75) is 0 Å². The molecular weight excluding hydrogens is 346 g/mol. The zero-order valence-electron chi connectivity index (χ0n) is 13.7. The van der Waals surface area contributed by atoms with Crippen LogP contribution in [0.4, 0.5) is 5.95 Å². The number of aromatic carboxylic acids is 1. The molecule has 26 heavy (non-hydrogen) atoms. The number of carboxylic acids is 1. The summed E-state index contributed by atoms with van der Waals surface area (Å²) in [6.07, 6.45) is 3.92.